The van der Waals surface area contributed by atoms with Gasteiger partial charge in [0.05, 0.1) is 17.0 Å². The van der Waals surface area contributed by atoms with Crippen LogP contribution >= 0.6 is 0 Å². The summed E-state index contributed by atoms with van der Waals surface area (Å²) in [7, 11) is 1.58. The molecule has 3 amide bonds. The van der Waals surface area contributed by atoms with Gasteiger partial charge in [0, 0.05) is 20.0 Å². The molecule has 7 heteroatoms. The molecular formula is C14H12N2O5. The first-order valence-corrected chi connectivity index (χ1v) is 6.42. The van der Waals surface area contributed by atoms with Crippen molar-refractivity contribution in [1.82, 2.24) is 9.96 Å². The summed E-state index contributed by atoms with van der Waals surface area (Å²) in [4.78, 5) is 53.8. The molecule has 1 saturated heterocycles. The average Bonchev–Trinajstić information content (AvgIpc) is 2.93. The van der Waals surface area contributed by atoms with E-state index in [9.17, 15) is 19.2 Å². The average molecular weight is 288 g/mol. The highest BCUT2D eigenvalue weighted by molar-refractivity contribution is 6.20. The van der Waals surface area contributed by atoms with Gasteiger partial charge in [0.1, 0.15) is 0 Å². The molecule has 0 aliphatic carbocycles. The van der Waals surface area contributed by atoms with Crippen LogP contribution < -0.4 is 0 Å². The van der Waals surface area contributed by atoms with Gasteiger partial charge in [0.2, 0.25) is 5.91 Å². The predicted molar refractivity (Wildman–Crippen MR) is 68.8 cm³/mol. The summed E-state index contributed by atoms with van der Waals surface area (Å²) < 4.78 is 0. The monoisotopic (exact) mass is 288 g/mol. The van der Waals surface area contributed by atoms with Gasteiger partial charge in [-0.05, 0) is 12.1 Å². The van der Waals surface area contributed by atoms with Gasteiger partial charge in [-0.3, -0.25) is 14.4 Å². The van der Waals surface area contributed by atoms with E-state index in [-0.39, 0.29) is 30.0 Å². The molecule has 0 aromatic heterocycles. The zero-order valence-electron chi connectivity index (χ0n) is 11.2. The summed E-state index contributed by atoms with van der Waals surface area (Å²) in [5, 5.41) is 0.468. The molecule has 108 valence electrons. The Morgan fingerprint density at radius 3 is 2.19 bits per heavy atom. The third-order valence-corrected chi connectivity index (χ3v) is 3.61. The van der Waals surface area contributed by atoms with E-state index in [0.29, 0.717) is 5.06 Å². The molecule has 0 bridgehead atoms. The smallest absolute Gasteiger partial charge is 0.338 e. The molecule has 1 atom stereocenters. The Hall–Kier alpha value is -2.70. The van der Waals surface area contributed by atoms with Crippen molar-refractivity contribution in [1.29, 1.82) is 0 Å². The number of imide groups is 1. The quantitative estimate of drug-likeness (QED) is 0.727. The Balaban J connectivity index is 1.75. The number of hydrogen-bond donors (Lipinski definition) is 0. The van der Waals surface area contributed by atoms with E-state index in [1.807, 2.05) is 0 Å². The standard InChI is InChI=1S/C14H12N2O5/c1-15-7-8(6-11(15)17)14(20)21-16-12(18)9-4-2-3-5-10(9)13(16)19/h2-5,8H,6-7H2,1H3. The van der Waals surface area contributed by atoms with Crippen LogP contribution in [0.15, 0.2) is 24.3 Å². The van der Waals surface area contributed by atoms with Gasteiger partial charge >= 0.3 is 5.97 Å². The molecule has 1 fully saturated rings. The summed E-state index contributed by atoms with van der Waals surface area (Å²) in [6, 6.07) is 6.24. The van der Waals surface area contributed by atoms with Crippen molar-refractivity contribution >= 4 is 23.7 Å². The maximum Gasteiger partial charge on any atom is 0.338 e. The third-order valence-electron chi connectivity index (χ3n) is 3.61. The predicted octanol–water partition coefficient (Wildman–Crippen LogP) is 0.219. The molecular weight excluding hydrogens is 276 g/mol. The lowest BCUT2D eigenvalue weighted by molar-refractivity contribution is -0.173. The molecule has 2 heterocycles. The first kappa shape index (κ1) is 13.3. The maximum absolute atomic E-state index is 12.0. The summed E-state index contributed by atoms with van der Waals surface area (Å²) in [6.07, 6.45) is 0.0263. The molecule has 2 aliphatic rings. The Morgan fingerprint density at radius 1 is 1.14 bits per heavy atom. The largest absolute Gasteiger partial charge is 0.345 e. The number of rotatable bonds is 2. The molecule has 0 radical (unpaired) electrons. The second-order valence-electron chi connectivity index (χ2n) is 5.04. The summed E-state index contributed by atoms with van der Waals surface area (Å²) >= 11 is 0. The fraction of sp³-hybridized carbons (Fsp3) is 0.286. The number of likely N-dealkylation sites (tertiary alicyclic amines) is 1. The molecule has 0 spiro atoms. The molecule has 1 unspecified atom stereocenters. The van der Waals surface area contributed by atoms with E-state index in [2.05, 4.69) is 0 Å². The highest BCUT2D eigenvalue weighted by Crippen LogP contribution is 2.24. The van der Waals surface area contributed by atoms with Crippen LogP contribution in [0.3, 0.4) is 0 Å². The zero-order chi connectivity index (χ0) is 15.1. The van der Waals surface area contributed by atoms with Crippen molar-refractivity contribution in [2.45, 2.75) is 6.42 Å². The van der Waals surface area contributed by atoms with Gasteiger partial charge in [0.25, 0.3) is 11.8 Å². The number of carbonyl (C=O) groups is 4. The topological polar surface area (TPSA) is 84.0 Å². The summed E-state index contributed by atoms with van der Waals surface area (Å²) in [6.45, 7) is 0.223. The number of amides is 3. The lowest BCUT2D eigenvalue weighted by Gasteiger charge is -2.15. The van der Waals surface area contributed by atoms with Crippen molar-refractivity contribution < 1.29 is 24.0 Å². The second-order valence-corrected chi connectivity index (χ2v) is 5.04. The van der Waals surface area contributed by atoms with Crippen LogP contribution in [0.5, 0.6) is 0 Å². The molecule has 0 saturated carbocycles. The minimum absolute atomic E-state index is 0.0263. The third kappa shape index (κ3) is 2.06. The summed E-state index contributed by atoms with van der Waals surface area (Å²) in [5.41, 5.74) is 0.407. The van der Waals surface area contributed by atoms with E-state index in [1.165, 1.54) is 17.0 Å². The van der Waals surface area contributed by atoms with Gasteiger partial charge < -0.3 is 9.74 Å². The number of hydroxylamine groups is 2. The van der Waals surface area contributed by atoms with Crippen molar-refractivity contribution in [3.05, 3.63) is 35.4 Å². The first-order chi connectivity index (χ1) is 9.99. The van der Waals surface area contributed by atoms with Gasteiger partial charge in [-0.1, -0.05) is 17.2 Å². The molecule has 3 rings (SSSR count). The van der Waals surface area contributed by atoms with Crippen LogP contribution in [-0.4, -0.2) is 47.2 Å². The first-order valence-electron chi connectivity index (χ1n) is 6.42. The fourth-order valence-electron chi connectivity index (χ4n) is 2.44. The van der Waals surface area contributed by atoms with E-state index < -0.39 is 23.7 Å². The van der Waals surface area contributed by atoms with Gasteiger partial charge in [-0.2, -0.15) is 0 Å². The fourth-order valence-corrected chi connectivity index (χ4v) is 2.44. The zero-order valence-corrected chi connectivity index (χ0v) is 11.2. The highest BCUT2D eigenvalue weighted by Gasteiger charge is 2.41. The molecule has 7 nitrogen and oxygen atoms in total. The Kier molecular flexibility index (Phi) is 2.97. The van der Waals surface area contributed by atoms with Crippen molar-refractivity contribution in [2.75, 3.05) is 13.6 Å². The molecule has 21 heavy (non-hydrogen) atoms. The van der Waals surface area contributed by atoms with Crippen LogP contribution in [-0.2, 0) is 14.4 Å². The van der Waals surface area contributed by atoms with Crippen LogP contribution in [0.1, 0.15) is 27.1 Å². The SMILES string of the molecule is CN1CC(C(=O)ON2C(=O)c3ccccc3C2=O)CC1=O. The van der Waals surface area contributed by atoms with Crippen molar-refractivity contribution in [3.63, 3.8) is 0 Å². The van der Waals surface area contributed by atoms with E-state index in [1.54, 1.807) is 19.2 Å². The number of nitrogens with zero attached hydrogens (tertiary/aromatic N) is 2. The lowest BCUT2D eigenvalue weighted by atomic mass is 10.1. The van der Waals surface area contributed by atoms with Crippen LogP contribution in [0.4, 0.5) is 0 Å². The second kappa shape index (κ2) is 4.69. The van der Waals surface area contributed by atoms with Crippen molar-refractivity contribution in [3.8, 4) is 0 Å². The Labute approximate surface area is 120 Å². The minimum Gasteiger partial charge on any atom is -0.345 e. The Morgan fingerprint density at radius 2 is 1.71 bits per heavy atom. The van der Waals surface area contributed by atoms with Gasteiger partial charge in [-0.25, -0.2) is 4.79 Å². The minimum atomic E-state index is -0.748. The van der Waals surface area contributed by atoms with Crippen LogP contribution in [0, 0.1) is 5.92 Å². The maximum atomic E-state index is 12.0. The lowest BCUT2D eigenvalue weighted by Crippen LogP contribution is -2.35. The number of benzene rings is 1. The molecule has 2 aliphatic heterocycles. The van der Waals surface area contributed by atoms with E-state index >= 15 is 0 Å². The van der Waals surface area contributed by atoms with Crippen LogP contribution in [0.25, 0.3) is 0 Å². The number of hydrogen-bond acceptors (Lipinski definition) is 5. The molecule has 1 aromatic rings. The number of carbonyl (C=O) groups excluding carboxylic acids is 4. The van der Waals surface area contributed by atoms with Gasteiger partial charge in [0.15, 0.2) is 0 Å². The Bertz CT molecular complexity index is 634. The van der Waals surface area contributed by atoms with Crippen molar-refractivity contribution in [2.24, 2.45) is 5.92 Å². The molecule has 1 aromatic carbocycles. The normalized spacial score (nSPS) is 21.0. The highest BCUT2D eigenvalue weighted by atomic mass is 16.7. The van der Waals surface area contributed by atoms with Gasteiger partial charge in [-0.15, -0.1) is 0 Å². The summed E-state index contributed by atoms with van der Waals surface area (Å²) in [5.74, 6) is -2.91. The molecule has 0 N–H and O–H groups in total. The number of fused-ring (bicyclic) bond motifs is 1. The van der Waals surface area contributed by atoms with Crippen LogP contribution in [0.2, 0.25) is 0 Å². The van der Waals surface area contributed by atoms with E-state index in [4.69, 9.17) is 4.84 Å². The van der Waals surface area contributed by atoms with E-state index in [0.717, 1.165) is 0 Å².